The number of hydrogen-bond donors (Lipinski definition) is 1. The van der Waals surface area contributed by atoms with Gasteiger partial charge < -0.3 is 10.1 Å². The van der Waals surface area contributed by atoms with Crippen LogP contribution in [-0.2, 0) is 20.6 Å². The fraction of sp³-hybridized carbons (Fsp3) is 0.381. The van der Waals surface area contributed by atoms with Gasteiger partial charge in [-0.3, -0.25) is 4.79 Å². The van der Waals surface area contributed by atoms with Gasteiger partial charge in [0.05, 0.1) is 23.4 Å². The number of piperidine rings is 1. The molecule has 0 unspecified atom stereocenters. The Labute approximate surface area is 180 Å². The van der Waals surface area contributed by atoms with Crippen LogP contribution in [0.5, 0.6) is 5.75 Å². The average Bonchev–Trinajstić information content (AvgIpc) is 2.75. The van der Waals surface area contributed by atoms with Crippen molar-refractivity contribution in [2.24, 2.45) is 0 Å². The number of methoxy groups -OCH3 is 1. The van der Waals surface area contributed by atoms with E-state index in [-0.39, 0.29) is 22.4 Å². The number of thioether (sulfide) groups is 1. The molecule has 1 fully saturated rings. The van der Waals surface area contributed by atoms with E-state index in [2.05, 4.69) is 5.32 Å². The normalized spacial score (nSPS) is 15.0. The van der Waals surface area contributed by atoms with Crippen LogP contribution in [0.2, 0.25) is 0 Å². The smallest absolute Gasteiger partial charge is 0.243 e. The van der Waals surface area contributed by atoms with Crippen molar-refractivity contribution in [3.05, 3.63) is 53.8 Å². The van der Waals surface area contributed by atoms with Gasteiger partial charge in [0, 0.05) is 18.8 Å². The number of hydrogen-bond acceptors (Lipinski definition) is 5. The molecule has 6 nitrogen and oxygen atoms in total. The first-order valence-corrected chi connectivity index (χ1v) is 12.3. The molecule has 1 aliphatic heterocycles. The van der Waals surface area contributed by atoms with Gasteiger partial charge in [-0.15, -0.1) is 11.8 Å². The van der Waals surface area contributed by atoms with Gasteiger partial charge >= 0.3 is 0 Å². The molecule has 3 rings (SSSR count). The summed E-state index contributed by atoms with van der Waals surface area (Å²) >= 11 is 1.38. The molecule has 2 aromatic rings. The number of carbonyl (C=O) groups excluding carboxylic acids is 1. The lowest BCUT2D eigenvalue weighted by Crippen LogP contribution is -2.35. The number of rotatable bonds is 8. The van der Waals surface area contributed by atoms with E-state index in [0.29, 0.717) is 30.3 Å². The number of benzene rings is 2. The fourth-order valence-electron chi connectivity index (χ4n) is 3.23. The largest absolute Gasteiger partial charge is 0.495 e. The number of halogens is 1. The lowest BCUT2D eigenvalue weighted by Gasteiger charge is -2.26. The first-order valence-electron chi connectivity index (χ1n) is 9.70. The summed E-state index contributed by atoms with van der Waals surface area (Å²) in [5.41, 5.74) is 1.24. The first-order chi connectivity index (χ1) is 14.4. The van der Waals surface area contributed by atoms with Crippen molar-refractivity contribution >= 4 is 33.4 Å². The molecule has 162 valence electrons. The van der Waals surface area contributed by atoms with E-state index >= 15 is 0 Å². The van der Waals surface area contributed by atoms with Gasteiger partial charge in [0.15, 0.2) is 0 Å². The van der Waals surface area contributed by atoms with E-state index < -0.39 is 10.0 Å². The lowest BCUT2D eigenvalue weighted by molar-refractivity contribution is -0.113. The van der Waals surface area contributed by atoms with E-state index in [0.717, 1.165) is 24.8 Å². The number of sulfonamides is 1. The van der Waals surface area contributed by atoms with Gasteiger partial charge in [-0.2, -0.15) is 4.31 Å². The van der Waals surface area contributed by atoms with Crippen molar-refractivity contribution in [3.63, 3.8) is 0 Å². The second-order valence-corrected chi connectivity index (χ2v) is 9.92. The fourth-order valence-corrected chi connectivity index (χ4v) is 5.56. The molecule has 1 heterocycles. The van der Waals surface area contributed by atoms with Crippen LogP contribution < -0.4 is 10.1 Å². The van der Waals surface area contributed by atoms with Crippen molar-refractivity contribution in [1.29, 1.82) is 0 Å². The topological polar surface area (TPSA) is 75.7 Å². The molecule has 1 saturated heterocycles. The van der Waals surface area contributed by atoms with Crippen LogP contribution in [0.25, 0.3) is 0 Å². The summed E-state index contributed by atoms with van der Waals surface area (Å²) < 4.78 is 45.6. The Balaban J connectivity index is 1.65. The number of carbonyl (C=O) groups is 1. The van der Waals surface area contributed by atoms with Crippen LogP contribution in [0.3, 0.4) is 0 Å². The standard InChI is InChI=1S/C21H25FN2O4S2/c1-28-20-10-9-18(30(26,27)24-11-3-2-4-12-24)13-19(20)23-21(25)15-29-14-16-5-7-17(22)8-6-16/h5-10,13H,2-4,11-12,14-15H2,1H3,(H,23,25). The molecule has 0 spiro atoms. The van der Waals surface area contributed by atoms with Crippen LogP contribution in [0.15, 0.2) is 47.4 Å². The minimum Gasteiger partial charge on any atom is -0.495 e. The van der Waals surface area contributed by atoms with Crippen molar-refractivity contribution in [2.75, 3.05) is 31.3 Å². The van der Waals surface area contributed by atoms with Crippen molar-refractivity contribution in [1.82, 2.24) is 4.31 Å². The molecule has 0 atom stereocenters. The molecule has 1 aliphatic rings. The number of nitrogens with zero attached hydrogens (tertiary/aromatic N) is 1. The Morgan fingerprint density at radius 1 is 1.13 bits per heavy atom. The zero-order valence-corrected chi connectivity index (χ0v) is 18.4. The summed E-state index contributed by atoms with van der Waals surface area (Å²) in [6, 6.07) is 10.6. The highest BCUT2D eigenvalue weighted by Crippen LogP contribution is 2.30. The van der Waals surface area contributed by atoms with Crippen LogP contribution in [0, 0.1) is 5.82 Å². The second-order valence-electron chi connectivity index (χ2n) is 6.99. The molecule has 1 N–H and O–H groups in total. The van der Waals surface area contributed by atoms with Crippen LogP contribution in [0.1, 0.15) is 24.8 Å². The first kappa shape index (κ1) is 22.6. The van der Waals surface area contributed by atoms with Gasteiger partial charge in [-0.1, -0.05) is 18.6 Å². The molecule has 0 aromatic heterocycles. The predicted octanol–water partition coefficient (Wildman–Crippen LogP) is 3.88. The van der Waals surface area contributed by atoms with Crippen molar-refractivity contribution in [3.8, 4) is 5.75 Å². The minimum atomic E-state index is -3.61. The third-order valence-electron chi connectivity index (χ3n) is 4.81. The maximum absolute atomic E-state index is 13.0. The molecule has 0 radical (unpaired) electrons. The number of anilines is 1. The van der Waals surface area contributed by atoms with E-state index in [1.807, 2.05) is 0 Å². The molecule has 2 aromatic carbocycles. The highest BCUT2D eigenvalue weighted by Gasteiger charge is 2.27. The van der Waals surface area contributed by atoms with E-state index in [9.17, 15) is 17.6 Å². The number of nitrogens with one attached hydrogen (secondary N) is 1. The number of amides is 1. The Kier molecular flexibility index (Phi) is 7.74. The zero-order chi connectivity index (χ0) is 21.6. The molecule has 1 amide bonds. The minimum absolute atomic E-state index is 0.138. The summed E-state index contributed by atoms with van der Waals surface area (Å²) in [4.78, 5) is 12.5. The Bertz CT molecular complexity index is 975. The van der Waals surface area contributed by atoms with Crippen LogP contribution in [0.4, 0.5) is 10.1 Å². The van der Waals surface area contributed by atoms with Crippen LogP contribution in [-0.4, -0.2) is 44.6 Å². The lowest BCUT2D eigenvalue weighted by atomic mass is 10.2. The Morgan fingerprint density at radius 3 is 2.50 bits per heavy atom. The van der Waals surface area contributed by atoms with Gasteiger partial charge in [0.25, 0.3) is 0 Å². The highest BCUT2D eigenvalue weighted by atomic mass is 32.2. The van der Waals surface area contributed by atoms with E-state index in [1.54, 1.807) is 18.2 Å². The molecule has 0 bridgehead atoms. The van der Waals surface area contributed by atoms with Gasteiger partial charge in [-0.05, 0) is 48.7 Å². The summed E-state index contributed by atoms with van der Waals surface area (Å²) in [5.74, 6) is 0.558. The maximum atomic E-state index is 13.0. The average molecular weight is 453 g/mol. The summed E-state index contributed by atoms with van der Waals surface area (Å²) in [5, 5.41) is 2.74. The van der Waals surface area contributed by atoms with E-state index in [1.165, 1.54) is 47.4 Å². The molecular formula is C21H25FN2O4S2. The molecular weight excluding hydrogens is 427 g/mol. The van der Waals surface area contributed by atoms with Gasteiger partial charge in [-0.25, -0.2) is 12.8 Å². The van der Waals surface area contributed by atoms with Crippen LogP contribution >= 0.6 is 11.8 Å². The Hall–Kier alpha value is -2.10. The SMILES string of the molecule is COc1ccc(S(=O)(=O)N2CCCCC2)cc1NC(=O)CSCc1ccc(F)cc1. The summed E-state index contributed by atoms with van der Waals surface area (Å²) in [7, 11) is -2.15. The monoisotopic (exact) mass is 452 g/mol. The van der Waals surface area contributed by atoms with Crippen molar-refractivity contribution < 1.29 is 22.3 Å². The van der Waals surface area contributed by atoms with Gasteiger partial charge in [0.1, 0.15) is 11.6 Å². The van der Waals surface area contributed by atoms with E-state index in [4.69, 9.17) is 4.74 Å². The third-order valence-corrected chi connectivity index (χ3v) is 7.71. The second kappa shape index (κ2) is 10.3. The molecule has 9 heteroatoms. The number of ether oxygens (including phenoxy) is 1. The third kappa shape index (κ3) is 5.74. The van der Waals surface area contributed by atoms with Gasteiger partial charge in [0.2, 0.25) is 15.9 Å². The quantitative estimate of drug-likeness (QED) is 0.658. The highest BCUT2D eigenvalue weighted by molar-refractivity contribution is 7.99. The summed E-state index contributed by atoms with van der Waals surface area (Å²) in [6.07, 6.45) is 2.74. The molecule has 0 saturated carbocycles. The zero-order valence-electron chi connectivity index (χ0n) is 16.8. The molecule has 30 heavy (non-hydrogen) atoms. The predicted molar refractivity (Wildman–Crippen MR) is 117 cm³/mol. The molecule has 0 aliphatic carbocycles. The Morgan fingerprint density at radius 2 is 1.83 bits per heavy atom. The maximum Gasteiger partial charge on any atom is 0.243 e. The summed E-state index contributed by atoms with van der Waals surface area (Å²) in [6.45, 7) is 1.02. The van der Waals surface area contributed by atoms with Crippen molar-refractivity contribution in [2.45, 2.75) is 29.9 Å².